The molecule has 32 heavy (non-hydrogen) atoms. The SMILES string of the molecule is c1cnc(N2CCN(CCCNCc3cc(-c4cccc5ccccc45)no3)CC2)nc1. The number of rotatable bonds is 8. The number of hydrogen-bond donors (Lipinski definition) is 1. The van der Waals surface area contributed by atoms with Gasteiger partial charge in [0.05, 0.1) is 6.54 Å². The molecule has 1 aliphatic rings. The first-order valence-electron chi connectivity index (χ1n) is 11.3. The van der Waals surface area contributed by atoms with Crippen LogP contribution in [-0.4, -0.2) is 59.3 Å². The van der Waals surface area contributed by atoms with Crippen molar-refractivity contribution in [2.45, 2.75) is 13.0 Å². The van der Waals surface area contributed by atoms with Gasteiger partial charge in [-0.25, -0.2) is 9.97 Å². The molecule has 4 aromatic rings. The van der Waals surface area contributed by atoms with Gasteiger partial charge in [0.2, 0.25) is 5.95 Å². The van der Waals surface area contributed by atoms with Crippen LogP contribution < -0.4 is 10.2 Å². The van der Waals surface area contributed by atoms with Crippen molar-refractivity contribution in [1.82, 2.24) is 25.3 Å². The molecule has 1 saturated heterocycles. The number of piperazine rings is 1. The van der Waals surface area contributed by atoms with Gasteiger partial charge in [-0.1, -0.05) is 47.6 Å². The van der Waals surface area contributed by atoms with Crippen LogP contribution in [0.25, 0.3) is 22.0 Å². The molecule has 7 heteroatoms. The van der Waals surface area contributed by atoms with Crippen molar-refractivity contribution in [2.75, 3.05) is 44.2 Å². The van der Waals surface area contributed by atoms with Gasteiger partial charge in [-0.05, 0) is 36.3 Å². The standard InChI is InChI=1S/C25H28N6O/c1-2-8-22-20(6-1)7-3-9-23(22)24-18-21(32-29-24)19-26-10-5-13-30-14-16-31(17-15-30)25-27-11-4-12-28-25/h1-4,6-9,11-12,18,26H,5,10,13-17,19H2. The molecule has 164 valence electrons. The number of fused-ring (bicyclic) bond motifs is 1. The van der Waals surface area contributed by atoms with Gasteiger partial charge in [-0.15, -0.1) is 0 Å². The van der Waals surface area contributed by atoms with Crippen LogP contribution in [0.3, 0.4) is 0 Å². The second-order valence-electron chi connectivity index (χ2n) is 8.11. The summed E-state index contributed by atoms with van der Waals surface area (Å²) in [4.78, 5) is 13.5. The lowest BCUT2D eigenvalue weighted by molar-refractivity contribution is 0.252. The second kappa shape index (κ2) is 9.89. The fourth-order valence-corrected chi connectivity index (χ4v) is 4.24. The van der Waals surface area contributed by atoms with Crippen LogP contribution in [0.2, 0.25) is 0 Å². The summed E-state index contributed by atoms with van der Waals surface area (Å²) in [6.07, 6.45) is 4.71. The first-order chi connectivity index (χ1) is 15.9. The van der Waals surface area contributed by atoms with Crippen molar-refractivity contribution in [1.29, 1.82) is 0 Å². The number of aromatic nitrogens is 3. The summed E-state index contributed by atoms with van der Waals surface area (Å²) in [5.41, 5.74) is 2.00. The van der Waals surface area contributed by atoms with Crippen LogP contribution in [0, 0.1) is 0 Å². The molecular weight excluding hydrogens is 400 g/mol. The highest BCUT2D eigenvalue weighted by Gasteiger charge is 2.18. The van der Waals surface area contributed by atoms with Gasteiger partial charge in [0.15, 0.2) is 5.76 Å². The highest BCUT2D eigenvalue weighted by Crippen LogP contribution is 2.28. The van der Waals surface area contributed by atoms with Gasteiger partial charge in [0.25, 0.3) is 0 Å². The summed E-state index contributed by atoms with van der Waals surface area (Å²) in [6, 6.07) is 18.6. The molecule has 0 radical (unpaired) electrons. The van der Waals surface area contributed by atoms with Gasteiger partial charge in [-0.2, -0.15) is 0 Å². The number of anilines is 1. The Morgan fingerprint density at radius 2 is 1.72 bits per heavy atom. The molecule has 1 fully saturated rings. The van der Waals surface area contributed by atoms with Crippen molar-refractivity contribution in [3.05, 3.63) is 72.8 Å². The van der Waals surface area contributed by atoms with Crippen molar-refractivity contribution in [2.24, 2.45) is 0 Å². The van der Waals surface area contributed by atoms with Gasteiger partial charge in [0, 0.05) is 50.2 Å². The zero-order valence-electron chi connectivity index (χ0n) is 18.2. The van der Waals surface area contributed by atoms with Gasteiger partial charge >= 0.3 is 0 Å². The van der Waals surface area contributed by atoms with Crippen molar-refractivity contribution in [3.63, 3.8) is 0 Å². The van der Waals surface area contributed by atoms with E-state index in [1.807, 2.05) is 12.1 Å². The first-order valence-corrected chi connectivity index (χ1v) is 11.3. The van der Waals surface area contributed by atoms with Crippen molar-refractivity contribution in [3.8, 4) is 11.3 Å². The van der Waals surface area contributed by atoms with Crippen LogP contribution >= 0.6 is 0 Å². The Morgan fingerprint density at radius 3 is 2.59 bits per heavy atom. The van der Waals surface area contributed by atoms with Gasteiger partial charge in [-0.3, -0.25) is 4.90 Å². The third kappa shape index (κ3) is 4.79. The van der Waals surface area contributed by atoms with E-state index in [0.717, 1.165) is 68.7 Å². The number of hydrogen-bond acceptors (Lipinski definition) is 7. The first kappa shape index (κ1) is 20.6. The van der Waals surface area contributed by atoms with Gasteiger partial charge < -0.3 is 14.7 Å². The second-order valence-corrected chi connectivity index (χ2v) is 8.11. The summed E-state index contributed by atoms with van der Waals surface area (Å²) in [5, 5.41) is 10.2. The minimum atomic E-state index is 0.691. The molecule has 0 amide bonds. The maximum absolute atomic E-state index is 5.58. The Labute approximate surface area is 188 Å². The average Bonchev–Trinajstić information content (AvgIpc) is 3.33. The highest BCUT2D eigenvalue weighted by molar-refractivity contribution is 5.95. The van der Waals surface area contributed by atoms with E-state index in [2.05, 4.69) is 72.7 Å². The van der Waals surface area contributed by atoms with Crippen LogP contribution in [0.1, 0.15) is 12.2 Å². The molecule has 1 N–H and O–H groups in total. The predicted octanol–water partition coefficient (Wildman–Crippen LogP) is 3.59. The Morgan fingerprint density at radius 1 is 0.906 bits per heavy atom. The number of benzene rings is 2. The van der Waals surface area contributed by atoms with Crippen LogP contribution in [0.15, 0.2) is 71.5 Å². The minimum absolute atomic E-state index is 0.691. The molecule has 0 saturated carbocycles. The third-order valence-corrected chi connectivity index (χ3v) is 5.96. The summed E-state index contributed by atoms with van der Waals surface area (Å²) >= 11 is 0. The van der Waals surface area contributed by atoms with E-state index in [1.165, 1.54) is 10.8 Å². The molecule has 0 spiro atoms. The number of nitrogens with one attached hydrogen (secondary N) is 1. The fourth-order valence-electron chi connectivity index (χ4n) is 4.24. The lowest BCUT2D eigenvalue weighted by atomic mass is 10.0. The van der Waals surface area contributed by atoms with E-state index in [1.54, 1.807) is 12.4 Å². The van der Waals surface area contributed by atoms with E-state index < -0.39 is 0 Å². The molecule has 5 rings (SSSR count). The van der Waals surface area contributed by atoms with Crippen molar-refractivity contribution >= 4 is 16.7 Å². The molecule has 1 aliphatic heterocycles. The van der Waals surface area contributed by atoms with E-state index in [0.29, 0.717) is 6.54 Å². The Bertz CT molecular complexity index is 1130. The quantitative estimate of drug-likeness (QED) is 0.430. The van der Waals surface area contributed by atoms with E-state index in [-0.39, 0.29) is 0 Å². The molecule has 0 unspecified atom stereocenters. The Hall–Kier alpha value is -3.29. The summed E-state index contributed by atoms with van der Waals surface area (Å²) in [5.74, 6) is 1.70. The lowest BCUT2D eigenvalue weighted by Gasteiger charge is -2.34. The lowest BCUT2D eigenvalue weighted by Crippen LogP contribution is -2.47. The molecule has 0 bridgehead atoms. The molecule has 0 atom stereocenters. The molecule has 0 aliphatic carbocycles. The summed E-state index contributed by atoms with van der Waals surface area (Å²) in [6.45, 7) is 6.79. The highest BCUT2D eigenvalue weighted by atomic mass is 16.5. The predicted molar refractivity (Wildman–Crippen MR) is 126 cm³/mol. The number of nitrogens with zero attached hydrogens (tertiary/aromatic N) is 5. The molecule has 3 heterocycles. The average molecular weight is 429 g/mol. The Kier molecular flexibility index (Phi) is 6.37. The summed E-state index contributed by atoms with van der Waals surface area (Å²) in [7, 11) is 0. The summed E-state index contributed by atoms with van der Waals surface area (Å²) < 4.78 is 5.58. The topological polar surface area (TPSA) is 70.3 Å². The van der Waals surface area contributed by atoms with Gasteiger partial charge in [0.1, 0.15) is 5.69 Å². The van der Waals surface area contributed by atoms with E-state index in [4.69, 9.17) is 4.52 Å². The third-order valence-electron chi connectivity index (χ3n) is 5.96. The van der Waals surface area contributed by atoms with Crippen LogP contribution in [-0.2, 0) is 6.54 Å². The molecule has 2 aromatic heterocycles. The van der Waals surface area contributed by atoms with E-state index >= 15 is 0 Å². The zero-order valence-corrected chi connectivity index (χ0v) is 18.2. The Balaban J connectivity index is 1.05. The fraction of sp³-hybridized carbons (Fsp3) is 0.320. The molecule has 2 aromatic carbocycles. The largest absolute Gasteiger partial charge is 0.359 e. The van der Waals surface area contributed by atoms with Crippen LogP contribution in [0.5, 0.6) is 0 Å². The zero-order chi connectivity index (χ0) is 21.6. The molecule has 7 nitrogen and oxygen atoms in total. The minimum Gasteiger partial charge on any atom is -0.359 e. The normalized spacial score (nSPS) is 14.8. The van der Waals surface area contributed by atoms with E-state index in [9.17, 15) is 0 Å². The maximum atomic E-state index is 5.58. The van der Waals surface area contributed by atoms with Crippen LogP contribution in [0.4, 0.5) is 5.95 Å². The monoisotopic (exact) mass is 428 g/mol. The maximum Gasteiger partial charge on any atom is 0.225 e. The smallest absolute Gasteiger partial charge is 0.225 e. The molecular formula is C25H28N6O. The van der Waals surface area contributed by atoms with Crippen molar-refractivity contribution < 1.29 is 4.52 Å².